The molecule has 23 heavy (non-hydrogen) atoms. The van der Waals surface area contributed by atoms with Gasteiger partial charge >= 0.3 is 0 Å². The number of carbonyl (C=O) groups is 1. The van der Waals surface area contributed by atoms with Crippen LogP contribution in [0.3, 0.4) is 0 Å². The maximum atomic E-state index is 12.4. The van der Waals surface area contributed by atoms with Crippen molar-refractivity contribution in [3.8, 4) is 0 Å². The van der Waals surface area contributed by atoms with Gasteiger partial charge in [-0.15, -0.1) is 23.7 Å². The molecule has 4 nitrogen and oxygen atoms in total. The van der Waals surface area contributed by atoms with E-state index in [2.05, 4.69) is 5.32 Å². The number of thiophene rings is 1. The number of nitrogens with two attached hydrogens (primary N) is 1. The van der Waals surface area contributed by atoms with Crippen LogP contribution in [0.2, 0.25) is 0 Å². The molecule has 1 aromatic carbocycles. The van der Waals surface area contributed by atoms with Crippen LogP contribution in [0, 0.1) is 5.41 Å². The van der Waals surface area contributed by atoms with Gasteiger partial charge in [0.2, 0.25) is 5.91 Å². The molecule has 128 valence electrons. The number of rotatable bonds is 7. The normalized spacial score (nSPS) is 12.7. The first kappa shape index (κ1) is 19.9. The minimum absolute atomic E-state index is 0. The fraction of sp³-hybridized carbons (Fsp3) is 0.471. The van der Waals surface area contributed by atoms with Crippen LogP contribution in [0.4, 0.5) is 0 Å². The van der Waals surface area contributed by atoms with E-state index in [1.54, 1.807) is 11.3 Å². The Morgan fingerprint density at radius 2 is 2.00 bits per heavy atom. The van der Waals surface area contributed by atoms with E-state index in [4.69, 9.17) is 5.73 Å². The Hall–Kier alpha value is -1.14. The van der Waals surface area contributed by atoms with Gasteiger partial charge in [-0.25, -0.2) is 0 Å². The molecule has 1 heterocycles. The zero-order chi connectivity index (χ0) is 16.2. The molecule has 0 aliphatic heterocycles. The van der Waals surface area contributed by atoms with Crippen LogP contribution in [0.5, 0.6) is 0 Å². The van der Waals surface area contributed by atoms with E-state index >= 15 is 0 Å². The van der Waals surface area contributed by atoms with Gasteiger partial charge in [0.1, 0.15) is 6.10 Å². The van der Waals surface area contributed by atoms with E-state index < -0.39 is 11.5 Å². The van der Waals surface area contributed by atoms with E-state index in [0.717, 1.165) is 15.0 Å². The number of hydrogen-bond acceptors (Lipinski definition) is 4. The third-order valence-corrected chi connectivity index (χ3v) is 5.67. The Labute approximate surface area is 147 Å². The fourth-order valence-corrected chi connectivity index (χ4v) is 3.65. The average molecular weight is 357 g/mol. The highest BCUT2D eigenvalue weighted by Gasteiger charge is 2.33. The lowest BCUT2D eigenvalue weighted by Gasteiger charge is -2.29. The number of halogens is 1. The summed E-state index contributed by atoms with van der Waals surface area (Å²) in [7, 11) is 0. The molecule has 0 spiro atoms. The Morgan fingerprint density at radius 3 is 2.57 bits per heavy atom. The zero-order valence-corrected chi connectivity index (χ0v) is 15.2. The van der Waals surface area contributed by atoms with Crippen molar-refractivity contribution in [1.29, 1.82) is 0 Å². The van der Waals surface area contributed by atoms with Crippen molar-refractivity contribution < 1.29 is 9.90 Å². The summed E-state index contributed by atoms with van der Waals surface area (Å²) < 4.78 is 1.14. The molecule has 1 unspecified atom stereocenters. The van der Waals surface area contributed by atoms with E-state index in [1.807, 2.05) is 44.2 Å². The third-order valence-electron chi connectivity index (χ3n) is 4.45. The van der Waals surface area contributed by atoms with Gasteiger partial charge in [-0.2, -0.15) is 0 Å². The number of aliphatic hydroxyl groups excluding tert-OH is 1. The average Bonchev–Trinajstić information content (AvgIpc) is 2.99. The highest BCUT2D eigenvalue weighted by Crippen LogP contribution is 2.30. The maximum absolute atomic E-state index is 12.4. The fourth-order valence-electron chi connectivity index (χ4n) is 2.60. The molecule has 0 aliphatic rings. The van der Waals surface area contributed by atoms with Crippen LogP contribution in [0.25, 0.3) is 10.1 Å². The number of amides is 1. The summed E-state index contributed by atoms with van der Waals surface area (Å²) in [6.07, 6.45) is 0.709. The van der Waals surface area contributed by atoms with Crippen molar-refractivity contribution in [1.82, 2.24) is 5.32 Å². The van der Waals surface area contributed by atoms with E-state index in [1.165, 1.54) is 0 Å². The molecule has 0 saturated carbocycles. The molecule has 1 amide bonds. The summed E-state index contributed by atoms with van der Waals surface area (Å²) in [5, 5.41) is 14.3. The van der Waals surface area contributed by atoms with E-state index in [0.29, 0.717) is 19.4 Å². The lowest BCUT2D eigenvalue weighted by atomic mass is 9.81. The molecule has 1 aromatic heterocycles. The van der Waals surface area contributed by atoms with Crippen molar-refractivity contribution >= 4 is 39.7 Å². The third kappa shape index (κ3) is 4.23. The minimum atomic E-state index is -0.689. The molecular weight excluding hydrogens is 332 g/mol. The van der Waals surface area contributed by atoms with E-state index in [-0.39, 0.29) is 24.9 Å². The Bertz CT molecular complexity index is 599. The van der Waals surface area contributed by atoms with Crippen LogP contribution >= 0.6 is 23.7 Å². The van der Waals surface area contributed by atoms with Crippen molar-refractivity contribution in [2.75, 3.05) is 13.1 Å². The van der Waals surface area contributed by atoms with Crippen LogP contribution in [-0.2, 0) is 4.79 Å². The second-order valence-corrected chi connectivity index (χ2v) is 6.72. The van der Waals surface area contributed by atoms with Gasteiger partial charge in [0, 0.05) is 22.7 Å². The van der Waals surface area contributed by atoms with Crippen molar-refractivity contribution in [2.45, 2.75) is 32.8 Å². The zero-order valence-electron chi connectivity index (χ0n) is 13.5. The summed E-state index contributed by atoms with van der Waals surface area (Å²) in [4.78, 5) is 13.2. The summed E-state index contributed by atoms with van der Waals surface area (Å²) in [5.74, 6) is -0.0693. The molecule has 2 rings (SSSR count). The minimum Gasteiger partial charge on any atom is -0.386 e. The van der Waals surface area contributed by atoms with Crippen LogP contribution in [-0.4, -0.2) is 24.1 Å². The van der Waals surface area contributed by atoms with Crippen LogP contribution < -0.4 is 11.1 Å². The van der Waals surface area contributed by atoms with Gasteiger partial charge in [0.25, 0.3) is 0 Å². The topological polar surface area (TPSA) is 75.4 Å². The Kier molecular flexibility index (Phi) is 7.48. The van der Waals surface area contributed by atoms with Gasteiger partial charge in [-0.05, 0) is 30.4 Å². The summed E-state index contributed by atoms with van der Waals surface area (Å²) >= 11 is 1.56. The van der Waals surface area contributed by atoms with Crippen molar-refractivity contribution in [3.05, 3.63) is 35.2 Å². The monoisotopic (exact) mass is 356 g/mol. The molecule has 0 bridgehead atoms. The largest absolute Gasteiger partial charge is 0.386 e. The first-order valence-corrected chi connectivity index (χ1v) is 8.53. The maximum Gasteiger partial charge on any atom is 0.227 e. The summed E-state index contributed by atoms with van der Waals surface area (Å²) in [5.41, 5.74) is 5.25. The van der Waals surface area contributed by atoms with Gasteiger partial charge in [0.15, 0.2) is 0 Å². The molecule has 0 saturated heterocycles. The van der Waals surface area contributed by atoms with Crippen LogP contribution in [0.15, 0.2) is 30.3 Å². The molecule has 6 heteroatoms. The summed E-state index contributed by atoms with van der Waals surface area (Å²) in [6.45, 7) is 4.48. The quantitative estimate of drug-likeness (QED) is 0.712. The van der Waals surface area contributed by atoms with Gasteiger partial charge in [-0.3, -0.25) is 4.79 Å². The lowest BCUT2D eigenvalue weighted by Crippen LogP contribution is -2.46. The molecule has 2 aromatic rings. The van der Waals surface area contributed by atoms with Crippen LogP contribution in [0.1, 0.15) is 37.7 Å². The first-order valence-electron chi connectivity index (χ1n) is 7.71. The Balaban J connectivity index is 0.00000264. The van der Waals surface area contributed by atoms with Gasteiger partial charge in [0.05, 0.1) is 5.41 Å². The standard InChI is InChI=1S/C17H24N2O2S.ClH/c1-3-17(4-2,11-18)16(21)19-10-13(20)15-9-12-7-5-6-8-14(12)22-15;/h5-9,13,20H,3-4,10-11,18H2,1-2H3,(H,19,21);1H. The van der Waals surface area contributed by atoms with Crippen molar-refractivity contribution in [2.24, 2.45) is 11.1 Å². The van der Waals surface area contributed by atoms with Gasteiger partial charge in [-0.1, -0.05) is 32.0 Å². The van der Waals surface area contributed by atoms with E-state index in [9.17, 15) is 9.90 Å². The first-order chi connectivity index (χ1) is 10.6. The molecule has 4 N–H and O–H groups in total. The molecular formula is C17H25ClN2O2S. The second kappa shape index (κ2) is 8.64. The Morgan fingerprint density at radius 1 is 1.35 bits per heavy atom. The number of fused-ring (bicyclic) bond motifs is 1. The predicted molar refractivity (Wildman–Crippen MR) is 99.1 cm³/mol. The molecule has 0 aliphatic carbocycles. The second-order valence-electron chi connectivity index (χ2n) is 5.60. The number of carbonyl (C=O) groups excluding carboxylic acids is 1. The molecule has 0 fully saturated rings. The highest BCUT2D eigenvalue weighted by molar-refractivity contribution is 7.19. The molecule has 0 radical (unpaired) electrons. The molecule has 1 atom stereocenters. The smallest absolute Gasteiger partial charge is 0.227 e. The number of aliphatic hydroxyl groups is 1. The van der Waals surface area contributed by atoms with Gasteiger partial charge < -0.3 is 16.2 Å². The number of nitrogens with one attached hydrogen (secondary N) is 1. The highest BCUT2D eigenvalue weighted by atomic mass is 35.5. The predicted octanol–water partition coefficient (Wildman–Crippen LogP) is 3.24. The van der Waals surface area contributed by atoms with Crippen molar-refractivity contribution in [3.63, 3.8) is 0 Å². The lowest BCUT2D eigenvalue weighted by molar-refractivity contribution is -0.131. The summed E-state index contributed by atoms with van der Waals surface area (Å²) in [6, 6.07) is 9.99. The number of hydrogen-bond donors (Lipinski definition) is 3. The SMILES string of the molecule is CCC(CC)(CN)C(=O)NCC(O)c1cc2ccccc2s1.Cl. The number of benzene rings is 1.